The van der Waals surface area contributed by atoms with E-state index in [1.165, 1.54) is 16.7 Å². The van der Waals surface area contributed by atoms with Gasteiger partial charge in [-0.15, -0.1) is 0 Å². The second kappa shape index (κ2) is 5.18. The summed E-state index contributed by atoms with van der Waals surface area (Å²) in [7, 11) is 0. The van der Waals surface area contributed by atoms with Crippen molar-refractivity contribution < 1.29 is 5.11 Å². The molecule has 0 aromatic heterocycles. The number of hydrogen-bond donors (Lipinski definition) is 1. The predicted molar refractivity (Wildman–Crippen MR) is 86.4 cm³/mol. The minimum Gasteiger partial charge on any atom is -0.392 e. The molecule has 0 saturated carbocycles. The molecule has 112 valence electrons. The third kappa shape index (κ3) is 2.20. The van der Waals surface area contributed by atoms with Gasteiger partial charge >= 0.3 is 0 Å². The molecule has 0 fully saturated rings. The van der Waals surface area contributed by atoms with E-state index in [1.807, 2.05) is 6.92 Å². The van der Waals surface area contributed by atoms with Gasteiger partial charge in [0.2, 0.25) is 0 Å². The van der Waals surface area contributed by atoms with Crippen molar-refractivity contribution in [2.75, 3.05) is 0 Å². The third-order valence-corrected chi connectivity index (χ3v) is 5.51. The second-order valence-electron chi connectivity index (χ2n) is 7.31. The van der Waals surface area contributed by atoms with E-state index in [9.17, 15) is 5.11 Å². The van der Waals surface area contributed by atoms with Crippen LogP contribution < -0.4 is 0 Å². The van der Waals surface area contributed by atoms with E-state index in [0.717, 1.165) is 0 Å². The first-order valence-electron chi connectivity index (χ1n) is 8.03. The highest BCUT2D eigenvalue weighted by molar-refractivity contribution is 5.46. The Labute approximate surface area is 124 Å². The van der Waals surface area contributed by atoms with Crippen LogP contribution >= 0.6 is 0 Å². The molecule has 5 unspecified atom stereocenters. The van der Waals surface area contributed by atoms with Crippen molar-refractivity contribution in [3.05, 3.63) is 34.9 Å². The van der Waals surface area contributed by atoms with Gasteiger partial charge in [0.25, 0.3) is 0 Å². The normalized spacial score (nSPS) is 38.9. The molecule has 1 nitrogen and oxygen atoms in total. The van der Waals surface area contributed by atoms with Crippen molar-refractivity contribution in [3.8, 4) is 0 Å². The standard InChI is InChI=1S/C19H30O/c1-11(2)16-10-13(4)17-12(3)8-9-19(7,15(6)20)18(17)14(16)5/h8-15,20H,1-7H3. The van der Waals surface area contributed by atoms with Gasteiger partial charge in [0.1, 0.15) is 0 Å². The van der Waals surface area contributed by atoms with Crippen molar-refractivity contribution in [3.63, 3.8) is 0 Å². The summed E-state index contributed by atoms with van der Waals surface area (Å²) in [4.78, 5) is 0. The van der Waals surface area contributed by atoms with Crippen LogP contribution in [0.1, 0.15) is 48.5 Å². The molecule has 0 aliphatic heterocycles. The fourth-order valence-corrected chi connectivity index (χ4v) is 4.22. The predicted octanol–water partition coefficient (Wildman–Crippen LogP) is 4.74. The Kier molecular flexibility index (Phi) is 4.03. The van der Waals surface area contributed by atoms with Crippen LogP contribution in [0.25, 0.3) is 0 Å². The summed E-state index contributed by atoms with van der Waals surface area (Å²) >= 11 is 0. The zero-order valence-corrected chi connectivity index (χ0v) is 14.1. The molecular weight excluding hydrogens is 244 g/mol. The van der Waals surface area contributed by atoms with Crippen molar-refractivity contribution in [1.29, 1.82) is 0 Å². The van der Waals surface area contributed by atoms with Gasteiger partial charge < -0.3 is 5.11 Å². The van der Waals surface area contributed by atoms with E-state index in [0.29, 0.717) is 23.7 Å². The van der Waals surface area contributed by atoms with Crippen LogP contribution in [0.5, 0.6) is 0 Å². The summed E-state index contributed by atoms with van der Waals surface area (Å²) in [6.07, 6.45) is 6.64. The Bertz CT molecular complexity index is 478. The fourth-order valence-electron chi connectivity index (χ4n) is 4.22. The van der Waals surface area contributed by atoms with E-state index in [4.69, 9.17) is 0 Å². The fraction of sp³-hybridized carbons (Fsp3) is 0.684. The summed E-state index contributed by atoms with van der Waals surface area (Å²) in [5.41, 5.74) is 4.32. The monoisotopic (exact) mass is 274 g/mol. The first-order chi connectivity index (χ1) is 9.20. The molecule has 2 aliphatic rings. The van der Waals surface area contributed by atoms with Crippen LogP contribution in [0, 0.1) is 29.1 Å². The molecule has 1 N–H and O–H groups in total. The zero-order valence-electron chi connectivity index (χ0n) is 14.1. The average Bonchev–Trinajstić information content (AvgIpc) is 2.36. The van der Waals surface area contributed by atoms with Crippen LogP contribution in [0.3, 0.4) is 0 Å². The molecule has 0 bridgehead atoms. The summed E-state index contributed by atoms with van der Waals surface area (Å²) < 4.78 is 0. The van der Waals surface area contributed by atoms with E-state index in [2.05, 4.69) is 59.8 Å². The topological polar surface area (TPSA) is 20.2 Å². The smallest absolute Gasteiger partial charge is 0.0637 e. The van der Waals surface area contributed by atoms with Gasteiger partial charge in [-0.05, 0) is 37.5 Å². The number of rotatable bonds is 2. The van der Waals surface area contributed by atoms with Gasteiger partial charge in [-0.25, -0.2) is 0 Å². The van der Waals surface area contributed by atoms with Gasteiger partial charge in [-0.1, -0.05) is 69.6 Å². The van der Waals surface area contributed by atoms with E-state index < -0.39 is 0 Å². The van der Waals surface area contributed by atoms with E-state index in [-0.39, 0.29) is 11.5 Å². The van der Waals surface area contributed by atoms with Gasteiger partial charge in [0, 0.05) is 5.41 Å². The van der Waals surface area contributed by atoms with Crippen molar-refractivity contribution in [2.24, 2.45) is 29.1 Å². The van der Waals surface area contributed by atoms with Gasteiger partial charge in [-0.3, -0.25) is 0 Å². The molecular formula is C19H30O. The molecule has 2 aliphatic carbocycles. The molecule has 0 aromatic rings. The lowest BCUT2D eigenvalue weighted by molar-refractivity contribution is 0.101. The summed E-state index contributed by atoms with van der Waals surface area (Å²) in [6, 6.07) is 0. The van der Waals surface area contributed by atoms with Gasteiger partial charge in [0.15, 0.2) is 0 Å². The first kappa shape index (κ1) is 15.6. The van der Waals surface area contributed by atoms with Crippen LogP contribution in [-0.4, -0.2) is 11.2 Å². The third-order valence-electron chi connectivity index (χ3n) is 5.51. The summed E-state index contributed by atoms with van der Waals surface area (Å²) in [5.74, 6) is 1.98. The molecule has 0 spiro atoms. The Morgan fingerprint density at radius 3 is 2.20 bits per heavy atom. The number of aliphatic hydroxyl groups excluding tert-OH is 1. The quantitative estimate of drug-likeness (QED) is 0.721. The van der Waals surface area contributed by atoms with Crippen molar-refractivity contribution in [2.45, 2.75) is 54.6 Å². The molecule has 0 amide bonds. The van der Waals surface area contributed by atoms with Crippen LogP contribution in [-0.2, 0) is 0 Å². The Morgan fingerprint density at radius 2 is 1.70 bits per heavy atom. The Balaban J connectivity index is 2.59. The second-order valence-corrected chi connectivity index (χ2v) is 7.31. The SMILES string of the molecule is CC(C)C1=CC(C)C2=C(C1C)C(C)(C(C)O)C=CC2C. The highest BCUT2D eigenvalue weighted by atomic mass is 16.3. The maximum Gasteiger partial charge on any atom is 0.0637 e. The zero-order chi connectivity index (χ0) is 15.2. The van der Waals surface area contributed by atoms with E-state index in [1.54, 1.807) is 0 Å². The molecule has 0 radical (unpaired) electrons. The number of hydrogen-bond acceptors (Lipinski definition) is 1. The molecule has 0 heterocycles. The molecule has 0 saturated heterocycles. The van der Waals surface area contributed by atoms with E-state index >= 15 is 0 Å². The van der Waals surface area contributed by atoms with Crippen LogP contribution in [0.15, 0.2) is 34.9 Å². The highest BCUT2D eigenvalue weighted by Crippen LogP contribution is 2.52. The average molecular weight is 274 g/mol. The maximum absolute atomic E-state index is 10.4. The minimum atomic E-state index is -0.350. The molecule has 0 aromatic carbocycles. The van der Waals surface area contributed by atoms with Gasteiger partial charge in [-0.2, -0.15) is 0 Å². The Morgan fingerprint density at radius 1 is 1.10 bits per heavy atom. The van der Waals surface area contributed by atoms with Crippen LogP contribution in [0.2, 0.25) is 0 Å². The summed E-state index contributed by atoms with van der Waals surface area (Å²) in [5, 5.41) is 10.4. The number of aliphatic hydroxyl groups is 1. The van der Waals surface area contributed by atoms with Crippen molar-refractivity contribution >= 4 is 0 Å². The highest BCUT2D eigenvalue weighted by Gasteiger charge is 2.43. The lowest BCUT2D eigenvalue weighted by Gasteiger charge is -2.46. The number of allylic oxidation sites excluding steroid dienone is 4. The van der Waals surface area contributed by atoms with Crippen LogP contribution in [0.4, 0.5) is 0 Å². The Hall–Kier alpha value is -0.820. The molecule has 20 heavy (non-hydrogen) atoms. The lowest BCUT2D eigenvalue weighted by atomic mass is 9.59. The maximum atomic E-state index is 10.4. The largest absolute Gasteiger partial charge is 0.392 e. The minimum absolute atomic E-state index is 0.218. The molecule has 2 rings (SSSR count). The van der Waals surface area contributed by atoms with Crippen molar-refractivity contribution in [1.82, 2.24) is 0 Å². The molecule has 1 heteroatoms. The molecule has 5 atom stereocenters. The lowest BCUT2D eigenvalue weighted by Crippen LogP contribution is -2.39. The van der Waals surface area contributed by atoms with Gasteiger partial charge in [0.05, 0.1) is 6.10 Å². The summed E-state index contributed by atoms with van der Waals surface area (Å²) in [6.45, 7) is 15.6. The first-order valence-corrected chi connectivity index (χ1v) is 8.03.